The molecule has 0 saturated heterocycles. The van der Waals surface area contributed by atoms with E-state index in [2.05, 4.69) is 22.4 Å². The lowest BCUT2D eigenvalue weighted by atomic mass is 10.1. The smallest absolute Gasteiger partial charge is 0.299 e. The fourth-order valence-corrected chi connectivity index (χ4v) is 3.41. The molecular formula is C24H24N4O3. The molecule has 1 amide bonds. The first kappa shape index (κ1) is 20.5. The van der Waals surface area contributed by atoms with E-state index in [0.717, 1.165) is 28.8 Å². The average molecular weight is 416 g/mol. The topological polar surface area (TPSA) is 90.0 Å². The number of nitrogens with zero attached hydrogens (tertiary/aromatic N) is 3. The number of hydrogen-bond acceptors (Lipinski definition) is 5. The molecule has 4 aromatic rings. The molecule has 0 spiro atoms. The van der Waals surface area contributed by atoms with Crippen molar-refractivity contribution >= 4 is 22.7 Å². The van der Waals surface area contributed by atoms with Crippen LogP contribution in [0.3, 0.4) is 0 Å². The Bertz CT molecular complexity index is 1300. The largest absolute Gasteiger partial charge is 0.348 e. The third-order valence-corrected chi connectivity index (χ3v) is 5.33. The predicted molar refractivity (Wildman–Crippen MR) is 120 cm³/mol. The van der Waals surface area contributed by atoms with Crippen LogP contribution >= 0.6 is 0 Å². The Morgan fingerprint density at radius 2 is 1.90 bits per heavy atom. The van der Waals surface area contributed by atoms with Crippen LogP contribution in [0.2, 0.25) is 0 Å². The van der Waals surface area contributed by atoms with E-state index in [1.54, 1.807) is 0 Å². The Morgan fingerprint density at radius 1 is 1.13 bits per heavy atom. The van der Waals surface area contributed by atoms with Gasteiger partial charge in [0.15, 0.2) is 0 Å². The number of benzene rings is 2. The molecule has 0 fully saturated rings. The van der Waals surface area contributed by atoms with Gasteiger partial charge in [0.25, 0.3) is 11.1 Å². The Hall–Kier alpha value is -3.74. The zero-order valence-corrected chi connectivity index (χ0v) is 17.8. The van der Waals surface area contributed by atoms with Crippen LogP contribution in [0.5, 0.6) is 0 Å². The van der Waals surface area contributed by atoms with Gasteiger partial charge in [-0.1, -0.05) is 48.5 Å². The van der Waals surface area contributed by atoms with Crippen LogP contribution in [0.4, 0.5) is 5.69 Å². The van der Waals surface area contributed by atoms with E-state index in [9.17, 15) is 9.59 Å². The van der Waals surface area contributed by atoms with Gasteiger partial charge in [-0.2, -0.15) is 0 Å². The van der Waals surface area contributed by atoms with Crippen molar-refractivity contribution in [2.75, 3.05) is 5.32 Å². The lowest BCUT2D eigenvalue weighted by Gasteiger charge is -2.10. The number of nitrogens with one attached hydrogen (secondary N) is 1. The molecule has 7 heteroatoms. The number of rotatable bonds is 6. The van der Waals surface area contributed by atoms with Crippen molar-refractivity contribution in [1.29, 1.82) is 0 Å². The maximum absolute atomic E-state index is 12.8. The molecule has 31 heavy (non-hydrogen) atoms. The number of anilines is 1. The predicted octanol–water partition coefficient (Wildman–Crippen LogP) is 4.26. The minimum atomic E-state index is -0.353. The minimum absolute atomic E-state index is 0.0898. The van der Waals surface area contributed by atoms with Gasteiger partial charge >= 0.3 is 0 Å². The third-order valence-electron chi connectivity index (χ3n) is 5.33. The molecule has 2 aromatic carbocycles. The fourth-order valence-electron chi connectivity index (χ4n) is 3.41. The van der Waals surface area contributed by atoms with Gasteiger partial charge in [0.2, 0.25) is 5.91 Å². The number of amides is 1. The number of hydrogen-bond donors (Lipinski definition) is 1. The van der Waals surface area contributed by atoms with E-state index in [0.29, 0.717) is 11.2 Å². The summed E-state index contributed by atoms with van der Waals surface area (Å²) < 4.78 is 6.69. The van der Waals surface area contributed by atoms with Gasteiger partial charge in [-0.3, -0.25) is 14.2 Å². The first-order chi connectivity index (χ1) is 15.0. The molecule has 2 aromatic heterocycles. The van der Waals surface area contributed by atoms with E-state index in [4.69, 9.17) is 4.52 Å². The summed E-state index contributed by atoms with van der Waals surface area (Å²) in [6.07, 6.45) is 2.52. The summed E-state index contributed by atoms with van der Waals surface area (Å²) in [5, 5.41) is 6.96. The van der Waals surface area contributed by atoms with Crippen molar-refractivity contribution in [2.24, 2.45) is 0 Å². The van der Waals surface area contributed by atoms with Gasteiger partial charge in [-0.15, -0.1) is 0 Å². The molecule has 4 rings (SSSR count). The second-order valence-corrected chi connectivity index (χ2v) is 7.62. The zero-order valence-electron chi connectivity index (χ0n) is 17.8. The lowest BCUT2D eigenvalue weighted by Crippen LogP contribution is -2.23. The molecule has 0 radical (unpaired) electrons. The Labute approximate surface area is 179 Å². The number of aryl methyl sites for hydroxylation is 4. The average Bonchev–Trinajstić information content (AvgIpc) is 3.21. The monoisotopic (exact) mass is 416 g/mol. The van der Waals surface area contributed by atoms with Crippen molar-refractivity contribution in [1.82, 2.24) is 14.7 Å². The summed E-state index contributed by atoms with van der Waals surface area (Å²) in [5.41, 5.74) is 5.58. The Kier molecular flexibility index (Phi) is 5.66. The van der Waals surface area contributed by atoms with Crippen molar-refractivity contribution in [3.63, 3.8) is 0 Å². The minimum Gasteiger partial charge on any atom is -0.348 e. The van der Waals surface area contributed by atoms with Crippen molar-refractivity contribution in [2.45, 2.75) is 40.2 Å². The summed E-state index contributed by atoms with van der Waals surface area (Å²) in [4.78, 5) is 29.6. The quantitative estimate of drug-likeness (QED) is 0.507. The molecule has 7 nitrogen and oxygen atoms in total. The highest BCUT2D eigenvalue weighted by atomic mass is 16.5. The highest BCUT2D eigenvalue weighted by Gasteiger charge is 2.17. The Morgan fingerprint density at radius 3 is 2.65 bits per heavy atom. The van der Waals surface area contributed by atoms with Gasteiger partial charge in [-0.05, 0) is 43.0 Å². The normalized spacial score (nSPS) is 11.1. The highest BCUT2D eigenvalue weighted by molar-refractivity contribution is 5.91. The molecule has 158 valence electrons. The maximum atomic E-state index is 12.8. The van der Waals surface area contributed by atoms with Crippen LogP contribution in [0, 0.1) is 13.8 Å². The summed E-state index contributed by atoms with van der Waals surface area (Å²) in [7, 11) is 0. The van der Waals surface area contributed by atoms with Gasteiger partial charge in [0, 0.05) is 24.2 Å². The number of carbonyl (C=O) groups excluding carboxylic acids is 1. The van der Waals surface area contributed by atoms with Gasteiger partial charge in [-0.25, -0.2) is 4.98 Å². The lowest BCUT2D eigenvalue weighted by molar-refractivity contribution is -0.116. The van der Waals surface area contributed by atoms with Crippen LogP contribution in [0.1, 0.15) is 30.0 Å². The second kappa shape index (κ2) is 8.55. The van der Waals surface area contributed by atoms with Gasteiger partial charge in [0.1, 0.15) is 11.2 Å². The van der Waals surface area contributed by atoms with Crippen LogP contribution < -0.4 is 10.9 Å². The van der Waals surface area contributed by atoms with Gasteiger partial charge in [0.05, 0.1) is 6.33 Å². The van der Waals surface area contributed by atoms with Crippen LogP contribution in [0.25, 0.3) is 22.4 Å². The maximum Gasteiger partial charge on any atom is 0.299 e. The summed E-state index contributed by atoms with van der Waals surface area (Å²) in [5.74, 6) is -0.171. The molecule has 0 saturated carbocycles. The molecule has 2 heterocycles. The molecule has 0 aliphatic rings. The zero-order chi connectivity index (χ0) is 22.0. The molecule has 0 atom stereocenters. The first-order valence-corrected chi connectivity index (χ1v) is 10.3. The molecule has 1 N–H and O–H groups in total. The Balaban J connectivity index is 1.51. The van der Waals surface area contributed by atoms with E-state index < -0.39 is 0 Å². The van der Waals surface area contributed by atoms with Crippen LogP contribution in [-0.4, -0.2) is 20.6 Å². The van der Waals surface area contributed by atoms with E-state index in [-0.39, 0.29) is 30.0 Å². The third kappa shape index (κ3) is 4.26. The number of aromatic nitrogens is 3. The SMILES string of the molecule is CCc1ccc(-c2noc3c(=O)n(CCC(=O)Nc4cc(C)ccc4C)cnc23)cc1. The number of fused-ring (bicyclic) bond motifs is 1. The molecule has 0 aliphatic carbocycles. The number of carbonyl (C=O) groups is 1. The summed E-state index contributed by atoms with van der Waals surface area (Å²) >= 11 is 0. The van der Waals surface area contributed by atoms with Gasteiger partial charge < -0.3 is 9.84 Å². The van der Waals surface area contributed by atoms with Crippen molar-refractivity contribution < 1.29 is 9.32 Å². The van der Waals surface area contributed by atoms with Crippen LogP contribution in [-0.2, 0) is 17.8 Å². The van der Waals surface area contributed by atoms with E-state index in [1.807, 2.05) is 56.3 Å². The van der Waals surface area contributed by atoms with Crippen molar-refractivity contribution in [3.8, 4) is 11.3 Å². The highest BCUT2D eigenvalue weighted by Crippen LogP contribution is 2.25. The molecule has 0 bridgehead atoms. The van der Waals surface area contributed by atoms with Crippen molar-refractivity contribution in [3.05, 3.63) is 75.8 Å². The molecular weight excluding hydrogens is 392 g/mol. The first-order valence-electron chi connectivity index (χ1n) is 10.3. The van der Waals surface area contributed by atoms with E-state index in [1.165, 1.54) is 16.5 Å². The van der Waals surface area contributed by atoms with Crippen LogP contribution in [0.15, 0.2) is 58.1 Å². The molecule has 0 aliphatic heterocycles. The fraction of sp³-hybridized carbons (Fsp3) is 0.250. The summed E-state index contributed by atoms with van der Waals surface area (Å²) in [6.45, 7) is 6.20. The standard InChI is InChI=1S/C24H24N4O3/c1-4-17-7-9-18(10-8-17)21-22-23(31-27-21)24(30)28(14-25-22)12-11-20(29)26-19-13-15(2)5-6-16(19)3/h5-10,13-14H,4,11-12H2,1-3H3,(H,26,29). The summed E-state index contributed by atoms with van der Waals surface area (Å²) in [6, 6.07) is 13.8. The second-order valence-electron chi connectivity index (χ2n) is 7.62. The van der Waals surface area contributed by atoms with E-state index >= 15 is 0 Å². The molecule has 0 unspecified atom stereocenters.